The molecule has 5 heterocycles. The number of aromatic nitrogens is 8. The third-order valence-corrected chi connectivity index (χ3v) is 21.3. The standard InChI is InChI=1S/C12H14F2.3C12H15F.C12H16.C9H12.2C7H9N.3C6H8N2/c1-7-3-4-10-9(5-7)6-11(13)8(2)12(10)14;1-8-3-6-11-10(7-8)5-4-9(2)12(11)13;1-8-3-4-10-5-9(2)7-12(13)11(10)6-8;1-8-3-4-10-6-9(2)12(13)7-11(10)5-8;1-9-3-5-12-8-10(2)4-6-11(12)7-9;1-7-4-5-8(2)9(3)6-7;2*1-6-3-4-7(2)8-5-6;1-5-3-8-6(2)4-7-5;2*1-5-3-7-6(2)8-4-5/h6-7H,3-5H2,1-2H3;4-5,8H,3,6-7H2,1-2H3;5,7-8H,3-4,6H2,1-2H3;6-8H,3-5H2,1-2H3;3,5,7,10H,4,6,8H2,1-2H3;4-6H,1-3H3;2*3-5H,1-2H3;3*3-4H,1-2H3. The van der Waals surface area contributed by atoms with E-state index in [1.54, 1.807) is 35.7 Å². The number of aryl methyl sites for hydroxylation is 20. The number of hydrogen-bond donors (Lipinski definition) is 0. The summed E-state index contributed by atoms with van der Waals surface area (Å²) < 4.78 is 67.2. The number of halogens is 5. The van der Waals surface area contributed by atoms with E-state index in [4.69, 9.17) is 0 Å². The Balaban J connectivity index is 0.000000197. The van der Waals surface area contributed by atoms with Gasteiger partial charge in [-0.25, -0.2) is 41.9 Å². The van der Waals surface area contributed by atoms with Crippen LogP contribution in [0.1, 0.15) is 224 Å². The Morgan fingerprint density at radius 3 is 1.10 bits per heavy atom. The number of benzene rings is 6. The Hall–Kier alpha value is -9.49. The van der Waals surface area contributed by atoms with Crippen LogP contribution in [0.25, 0.3) is 0 Å². The lowest BCUT2D eigenvalue weighted by Gasteiger charge is -2.22. The molecule has 0 bridgehead atoms. The summed E-state index contributed by atoms with van der Waals surface area (Å²) in [4.78, 5) is 32.1. The molecule has 6 aromatic carbocycles. The zero-order valence-electron chi connectivity index (χ0n) is 72.9. The van der Waals surface area contributed by atoms with Gasteiger partial charge in [0.05, 0.1) is 11.4 Å². The second-order valence-corrected chi connectivity index (χ2v) is 33.0. The zero-order valence-corrected chi connectivity index (χ0v) is 72.9. The molecule has 114 heavy (non-hydrogen) atoms. The number of nitrogens with zero attached hydrogens (tertiary/aromatic N) is 8. The highest BCUT2D eigenvalue weighted by molar-refractivity contribution is 5.40. The van der Waals surface area contributed by atoms with Gasteiger partial charge in [0.15, 0.2) is 0 Å². The molecule has 608 valence electrons. The van der Waals surface area contributed by atoms with Crippen molar-refractivity contribution in [2.75, 3.05) is 0 Å². The number of rotatable bonds is 0. The number of pyridine rings is 2. The van der Waals surface area contributed by atoms with Gasteiger partial charge in [-0.05, 0) is 387 Å². The fourth-order valence-electron chi connectivity index (χ4n) is 13.9. The van der Waals surface area contributed by atoms with Gasteiger partial charge in [-0.1, -0.05) is 119 Å². The Labute approximate surface area is 681 Å². The van der Waals surface area contributed by atoms with Crippen molar-refractivity contribution >= 4 is 0 Å². The van der Waals surface area contributed by atoms with Gasteiger partial charge in [0.1, 0.15) is 40.7 Å². The molecule has 0 saturated carbocycles. The minimum absolute atomic E-state index is 0.00144. The van der Waals surface area contributed by atoms with Crippen molar-refractivity contribution in [1.29, 1.82) is 0 Å². The largest absolute Gasteiger partial charge is 0.261 e. The number of hydrogen-bond acceptors (Lipinski definition) is 8. The topological polar surface area (TPSA) is 103 Å². The summed E-state index contributed by atoms with van der Waals surface area (Å²) in [5, 5.41) is 0. The van der Waals surface area contributed by atoms with E-state index < -0.39 is 5.82 Å². The average molecular weight is 1550 g/mol. The Bertz CT molecular complexity index is 4410. The summed E-state index contributed by atoms with van der Waals surface area (Å²) in [5.74, 6) is 4.42. The van der Waals surface area contributed by atoms with Crippen LogP contribution in [0.15, 0.2) is 153 Å². The molecule has 16 rings (SSSR count). The first-order valence-electron chi connectivity index (χ1n) is 41.0. The highest BCUT2D eigenvalue weighted by Gasteiger charge is 2.24. The molecular formula is C101H129F5N8. The SMILES string of the molecule is Cc1c(F)cc2c(c1F)CCC(C)C2.Cc1cc(F)c2c(c1)CCC(C)C2.Cc1cc2c(cc1F)CC(C)CC2.Cc1ccc(C)c(C)c1.Cc1ccc(C)nc1.Cc1ccc(C)nc1.Cc1ccc2c(c1)CCC(C)C2.Cc1ccc2c(c1F)CCC(C)C2.Cc1cnc(C)cn1.Cc1cnc(C)nc1.Cc1cnc(C)nc1. The highest BCUT2D eigenvalue weighted by Crippen LogP contribution is 2.33. The van der Waals surface area contributed by atoms with Crippen molar-refractivity contribution in [2.45, 2.75) is 256 Å². The molecular weight excluding hydrogens is 1420 g/mol. The molecule has 0 aliphatic heterocycles. The smallest absolute Gasteiger partial charge is 0.132 e. The lowest BCUT2D eigenvalue weighted by Crippen LogP contribution is -2.14. The van der Waals surface area contributed by atoms with Crippen molar-refractivity contribution in [3.8, 4) is 0 Å². The van der Waals surface area contributed by atoms with E-state index in [1.165, 1.54) is 101 Å². The van der Waals surface area contributed by atoms with Crippen molar-refractivity contribution in [3.05, 3.63) is 339 Å². The zero-order chi connectivity index (χ0) is 83.9. The first-order chi connectivity index (χ1) is 54.0. The minimum Gasteiger partial charge on any atom is -0.261 e. The van der Waals surface area contributed by atoms with Crippen molar-refractivity contribution in [1.82, 2.24) is 39.9 Å². The summed E-state index contributed by atoms with van der Waals surface area (Å²) in [5.41, 5.74) is 28.8. The van der Waals surface area contributed by atoms with E-state index in [-0.39, 0.29) is 28.8 Å². The first-order valence-corrected chi connectivity index (χ1v) is 41.0. The molecule has 0 fully saturated rings. The van der Waals surface area contributed by atoms with Gasteiger partial charge >= 0.3 is 0 Å². The van der Waals surface area contributed by atoms with Crippen LogP contribution < -0.4 is 0 Å². The van der Waals surface area contributed by atoms with Gasteiger partial charge in [0.2, 0.25) is 0 Å². The Morgan fingerprint density at radius 2 is 0.623 bits per heavy atom. The van der Waals surface area contributed by atoms with Gasteiger partial charge < -0.3 is 0 Å². The fraction of sp³-hybridized carbons (Fsp3) is 0.426. The lowest BCUT2D eigenvalue weighted by molar-refractivity contribution is 0.471. The fourth-order valence-corrected chi connectivity index (χ4v) is 13.9. The second kappa shape index (κ2) is 46.8. The second-order valence-electron chi connectivity index (χ2n) is 33.0. The number of fused-ring (bicyclic) bond motifs is 5. The maximum atomic E-state index is 13.6. The normalized spacial score (nSPS) is 16.2. The molecule has 0 saturated heterocycles. The van der Waals surface area contributed by atoms with Gasteiger partial charge in [-0.2, -0.15) is 0 Å². The van der Waals surface area contributed by atoms with Crippen LogP contribution in [0.2, 0.25) is 0 Å². The minimum atomic E-state index is -0.407. The van der Waals surface area contributed by atoms with Crippen LogP contribution in [0.5, 0.6) is 0 Å². The van der Waals surface area contributed by atoms with Gasteiger partial charge in [0.25, 0.3) is 0 Å². The summed E-state index contributed by atoms with van der Waals surface area (Å²) in [7, 11) is 0. The van der Waals surface area contributed by atoms with Crippen LogP contribution >= 0.6 is 0 Å². The van der Waals surface area contributed by atoms with E-state index in [9.17, 15) is 22.0 Å². The molecule has 5 atom stereocenters. The predicted octanol–water partition coefficient (Wildman–Crippen LogP) is 25.6. The van der Waals surface area contributed by atoms with Crippen LogP contribution in [0.3, 0.4) is 0 Å². The van der Waals surface area contributed by atoms with E-state index in [2.05, 4.69) is 163 Å². The molecule has 5 aromatic heterocycles. The molecule has 0 amide bonds. The Morgan fingerprint density at radius 1 is 0.237 bits per heavy atom. The van der Waals surface area contributed by atoms with Crippen LogP contribution in [0.4, 0.5) is 22.0 Å². The molecule has 0 spiro atoms. The molecule has 8 nitrogen and oxygen atoms in total. The van der Waals surface area contributed by atoms with E-state index in [1.807, 2.05) is 151 Å². The summed E-state index contributed by atoms with van der Waals surface area (Å²) >= 11 is 0. The summed E-state index contributed by atoms with van der Waals surface area (Å²) in [6.07, 6.45) is 30.7. The third-order valence-electron chi connectivity index (χ3n) is 21.3. The van der Waals surface area contributed by atoms with E-state index in [0.717, 1.165) is 166 Å². The maximum absolute atomic E-state index is 13.6. The van der Waals surface area contributed by atoms with Crippen molar-refractivity contribution in [3.63, 3.8) is 0 Å². The van der Waals surface area contributed by atoms with E-state index in [0.29, 0.717) is 11.8 Å². The Kier molecular flexibility index (Phi) is 38.3. The maximum Gasteiger partial charge on any atom is 0.132 e. The average Bonchev–Trinajstić information content (AvgIpc) is 0.807. The molecule has 0 radical (unpaired) electrons. The summed E-state index contributed by atoms with van der Waals surface area (Å²) in [6, 6.07) is 34.5. The van der Waals surface area contributed by atoms with Crippen LogP contribution in [-0.2, 0) is 64.2 Å². The van der Waals surface area contributed by atoms with Gasteiger partial charge in [-0.15, -0.1) is 0 Å². The molecule has 5 aliphatic rings. The molecule has 13 heteroatoms. The van der Waals surface area contributed by atoms with Crippen LogP contribution in [-0.4, -0.2) is 39.9 Å². The molecule has 11 aromatic rings. The third kappa shape index (κ3) is 32.4. The van der Waals surface area contributed by atoms with Crippen molar-refractivity contribution < 1.29 is 22.0 Å². The quantitative estimate of drug-likeness (QED) is 0.138. The predicted molar refractivity (Wildman–Crippen MR) is 464 cm³/mol. The molecule has 0 N–H and O–H groups in total. The first kappa shape index (κ1) is 93.4. The lowest BCUT2D eigenvalue weighted by atomic mass is 9.84. The summed E-state index contributed by atoms with van der Waals surface area (Å²) in [6.45, 7) is 46.4. The molecule has 5 aliphatic carbocycles. The van der Waals surface area contributed by atoms with Gasteiger partial charge in [-0.3, -0.25) is 19.9 Å². The van der Waals surface area contributed by atoms with Crippen molar-refractivity contribution in [2.24, 2.45) is 29.6 Å². The van der Waals surface area contributed by atoms with Crippen LogP contribution in [0, 0.1) is 183 Å². The van der Waals surface area contributed by atoms with Gasteiger partial charge in [0, 0.05) is 66.5 Å². The monoisotopic (exact) mass is 1550 g/mol. The highest BCUT2D eigenvalue weighted by atomic mass is 19.1. The van der Waals surface area contributed by atoms with E-state index >= 15 is 0 Å². The molecule has 5 unspecified atom stereocenters.